The molecular weight excluding hydrogens is 330 g/mol. The number of para-hydroxylation sites is 1. The number of carbonyl (C=O) groups is 2. The van der Waals surface area contributed by atoms with Crippen LogP contribution >= 0.6 is 0 Å². The zero-order chi connectivity index (χ0) is 17.9. The average Bonchev–Trinajstić information content (AvgIpc) is 3.35. The van der Waals surface area contributed by atoms with Crippen molar-refractivity contribution in [2.24, 2.45) is 0 Å². The van der Waals surface area contributed by atoms with E-state index >= 15 is 0 Å². The fourth-order valence-electron chi connectivity index (χ4n) is 3.62. The molecule has 2 aromatic rings. The number of nitrogens with zero attached hydrogens (tertiary/aromatic N) is 3. The Bertz CT molecular complexity index is 831. The lowest BCUT2D eigenvalue weighted by Gasteiger charge is -2.20. The van der Waals surface area contributed by atoms with Gasteiger partial charge in [0.05, 0.1) is 0 Å². The molecule has 0 bridgehead atoms. The molecule has 1 amide bonds. The summed E-state index contributed by atoms with van der Waals surface area (Å²) in [4.78, 5) is 33.2. The third-order valence-corrected chi connectivity index (χ3v) is 4.93. The van der Waals surface area contributed by atoms with Crippen molar-refractivity contribution in [3.8, 4) is 0 Å². The molecular formula is C20H21N3O3. The zero-order valence-electron chi connectivity index (χ0n) is 14.6. The lowest BCUT2D eigenvalue weighted by atomic mass is 10.2. The van der Waals surface area contributed by atoms with E-state index in [4.69, 9.17) is 4.74 Å². The topological polar surface area (TPSA) is 62.7 Å². The first-order chi connectivity index (χ1) is 12.7. The maximum atomic E-state index is 12.5. The number of ether oxygens (including phenoxy) is 1. The van der Waals surface area contributed by atoms with E-state index < -0.39 is 5.97 Å². The minimum absolute atomic E-state index is 0.199. The summed E-state index contributed by atoms with van der Waals surface area (Å²) >= 11 is 0. The second-order valence-electron chi connectivity index (χ2n) is 6.57. The number of pyridine rings is 1. The third-order valence-electron chi connectivity index (χ3n) is 4.93. The summed E-state index contributed by atoms with van der Waals surface area (Å²) in [7, 11) is 0. The number of rotatable bonds is 4. The summed E-state index contributed by atoms with van der Waals surface area (Å²) in [6, 6.07) is 11.2. The van der Waals surface area contributed by atoms with Crippen molar-refractivity contribution >= 4 is 23.4 Å². The van der Waals surface area contributed by atoms with E-state index in [9.17, 15) is 9.59 Å². The maximum Gasteiger partial charge on any atom is 0.342 e. The maximum absolute atomic E-state index is 12.5. The number of benzene rings is 1. The first kappa shape index (κ1) is 16.6. The van der Waals surface area contributed by atoms with Gasteiger partial charge in [-0.15, -0.1) is 0 Å². The van der Waals surface area contributed by atoms with Crippen LogP contribution in [0.15, 0.2) is 42.6 Å². The van der Waals surface area contributed by atoms with Crippen LogP contribution in [0, 0.1) is 0 Å². The number of aromatic nitrogens is 1. The molecule has 0 aliphatic carbocycles. The highest BCUT2D eigenvalue weighted by atomic mass is 16.5. The predicted molar refractivity (Wildman–Crippen MR) is 98.5 cm³/mol. The fourth-order valence-corrected chi connectivity index (χ4v) is 3.62. The highest BCUT2D eigenvalue weighted by molar-refractivity contribution is 6.00. The molecule has 4 rings (SSSR count). The van der Waals surface area contributed by atoms with Gasteiger partial charge in [0.15, 0.2) is 6.61 Å². The summed E-state index contributed by atoms with van der Waals surface area (Å²) < 4.78 is 5.32. The normalized spacial score (nSPS) is 15.8. The third kappa shape index (κ3) is 3.14. The molecule has 1 aromatic carbocycles. The smallest absolute Gasteiger partial charge is 0.342 e. The van der Waals surface area contributed by atoms with Gasteiger partial charge in [-0.25, -0.2) is 9.78 Å². The van der Waals surface area contributed by atoms with Crippen LogP contribution in [-0.2, 0) is 16.0 Å². The number of hydrogen-bond acceptors (Lipinski definition) is 5. The number of carbonyl (C=O) groups excluding carboxylic acids is 2. The summed E-state index contributed by atoms with van der Waals surface area (Å²) in [5, 5.41) is 0. The molecule has 1 saturated heterocycles. The van der Waals surface area contributed by atoms with Crippen LogP contribution in [0.2, 0.25) is 0 Å². The molecule has 2 aliphatic heterocycles. The van der Waals surface area contributed by atoms with Crippen molar-refractivity contribution in [2.45, 2.75) is 19.3 Å². The molecule has 0 spiro atoms. The molecule has 0 N–H and O–H groups in total. The highest BCUT2D eigenvalue weighted by Gasteiger charge is 2.26. The highest BCUT2D eigenvalue weighted by Crippen LogP contribution is 2.27. The molecule has 26 heavy (non-hydrogen) atoms. The van der Waals surface area contributed by atoms with Crippen molar-refractivity contribution < 1.29 is 14.3 Å². The van der Waals surface area contributed by atoms with E-state index in [1.54, 1.807) is 23.2 Å². The monoisotopic (exact) mass is 351 g/mol. The van der Waals surface area contributed by atoms with E-state index in [1.165, 1.54) is 0 Å². The van der Waals surface area contributed by atoms with E-state index in [0.717, 1.165) is 43.6 Å². The number of hydrogen-bond donors (Lipinski definition) is 0. The molecule has 6 heteroatoms. The number of esters is 1. The molecule has 2 aliphatic rings. The Morgan fingerprint density at radius 1 is 1.04 bits per heavy atom. The van der Waals surface area contributed by atoms with E-state index in [2.05, 4.69) is 9.88 Å². The molecule has 0 radical (unpaired) electrons. The summed E-state index contributed by atoms with van der Waals surface area (Å²) in [5.41, 5.74) is 2.48. The Morgan fingerprint density at radius 2 is 1.85 bits per heavy atom. The van der Waals surface area contributed by atoms with Crippen LogP contribution in [0.4, 0.5) is 11.5 Å². The lowest BCUT2D eigenvalue weighted by molar-refractivity contribution is -0.121. The Kier molecular flexibility index (Phi) is 4.56. The zero-order valence-corrected chi connectivity index (χ0v) is 14.6. The van der Waals surface area contributed by atoms with Crippen molar-refractivity contribution in [3.05, 3.63) is 53.7 Å². The number of anilines is 2. The van der Waals surface area contributed by atoms with Gasteiger partial charge in [-0.1, -0.05) is 18.2 Å². The summed E-state index contributed by atoms with van der Waals surface area (Å²) in [5.74, 6) is -0.0512. The lowest BCUT2D eigenvalue weighted by Crippen LogP contribution is -2.33. The molecule has 1 aromatic heterocycles. The Labute approximate surface area is 152 Å². The van der Waals surface area contributed by atoms with E-state index in [0.29, 0.717) is 17.9 Å². The van der Waals surface area contributed by atoms with Crippen molar-refractivity contribution in [3.63, 3.8) is 0 Å². The van der Waals surface area contributed by atoms with Crippen LogP contribution in [0.3, 0.4) is 0 Å². The summed E-state index contributed by atoms with van der Waals surface area (Å²) in [6.07, 6.45) is 4.70. The van der Waals surface area contributed by atoms with E-state index in [1.807, 2.05) is 24.3 Å². The number of amides is 1. The van der Waals surface area contributed by atoms with Gasteiger partial charge in [0.1, 0.15) is 11.4 Å². The van der Waals surface area contributed by atoms with Gasteiger partial charge in [0.2, 0.25) is 0 Å². The molecule has 0 unspecified atom stereocenters. The standard InChI is InChI=1S/C20H21N3O3/c24-18(23-13-9-15-6-1-2-8-17(15)23)14-26-20(25)16-7-5-10-21-19(16)22-11-3-4-12-22/h1-2,5-8,10H,3-4,9,11-14H2. The van der Waals surface area contributed by atoms with Gasteiger partial charge in [-0.3, -0.25) is 4.79 Å². The minimum atomic E-state index is -0.499. The first-order valence-corrected chi connectivity index (χ1v) is 8.99. The van der Waals surface area contributed by atoms with Crippen molar-refractivity contribution in [1.82, 2.24) is 4.98 Å². The van der Waals surface area contributed by atoms with Gasteiger partial charge in [0.25, 0.3) is 5.91 Å². The molecule has 6 nitrogen and oxygen atoms in total. The van der Waals surface area contributed by atoms with Crippen molar-refractivity contribution in [2.75, 3.05) is 36.0 Å². The number of fused-ring (bicyclic) bond motifs is 1. The van der Waals surface area contributed by atoms with Gasteiger partial charge >= 0.3 is 5.97 Å². The SMILES string of the molecule is O=C(OCC(=O)N1CCc2ccccc21)c1cccnc1N1CCCC1. The summed E-state index contributed by atoms with van der Waals surface area (Å²) in [6.45, 7) is 2.14. The van der Waals surface area contributed by atoms with Crippen LogP contribution in [0.1, 0.15) is 28.8 Å². The largest absolute Gasteiger partial charge is 0.452 e. The van der Waals surface area contributed by atoms with Gasteiger partial charge in [-0.05, 0) is 43.0 Å². The van der Waals surface area contributed by atoms with Crippen LogP contribution in [0.25, 0.3) is 0 Å². The molecule has 3 heterocycles. The van der Waals surface area contributed by atoms with Crippen molar-refractivity contribution in [1.29, 1.82) is 0 Å². The Hall–Kier alpha value is -2.89. The van der Waals surface area contributed by atoms with Crippen LogP contribution in [-0.4, -0.2) is 43.1 Å². The van der Waals surface area contributed by atoms with E-state index in [-0.39, 0.29) is 12.5 Å². The fraction of sp³-hybridized carbons (Fsp3) is 0.350. The van der Waals surface area contributed by atoms with Gasteiger partial charge in [0, 0.05) is 31.5 Å². The second-order valence-corrected chi connectivity index (χ2v) is 6.57. The molecule has 0 saturated carbocycles. The van der Waals surface area contributed by atoms with Crippen LogP contribution < -0.4 is 9.80 Å². The van der Waals surface area contributed by atoms with Gasteiger partial charge < -0.3 is 14.5 Å². The predicted octanol–water partition coefficient (Wildman–Crippen LogP) is 2.43. The Morgan fingerprint density at radius 3 is 2.69 bits per heavy atom. The Balaban J connectivity index is 1.43. The molecule has 134 valence electrons. The van der Waals surface area contributed by atoms with Gasteiger partial charge in [-0.2, -0.15) is 0 Å². The van der Waals surface area contributed by atoms with Crippen LogP contribution in [0.5, 0.6) is 0 Å². The first-order valence-electron chi connectivity index (χ1n) is 8.99. The molecule has 1 fully saturated rings. The molecule has 0 atom stereocenters. The quantitative estimate of drug-likeness (QED) is 0.792. The average molecular weight is 351 g/mol. The minimum Gasteiger partial charge on any atom is -0.452 e. The second kappa shape index (κ2) is 7.15.